The molecule has 0 saturated carbocycles. The summed E-state index contributed by atoms with van der Waals surface area (Å²) in [5.41, 5.74) is 2.15. The number of nitrogens with zero attached hydrogens (tertiary/aromatic N) is 1. The summed E-state index contributed by atoms with van der Waals surface area (Å²) in [6.07, 6.45) is 2.43. The van der Waals surface area contributed by atoms with Crippen LogP contribution >= 0.6 is 0 Å². The SMILES string of the molecule is [CH]CCNCc1ccc(OCc2ccccn2)cc1. The van der Waals surface area contributed by atoms with Gasteiger partial charge in [-0.25, -0.2) is 0 Å². The van der Waals surface area contributed by atoms with Gasteiger partial charge in [0.25, 0.3) is 0 Å². The van der Waals surface area contributed by atoms with Crippen molar-refractivity contribution >= 4 is 0 Å². The summed E-state index contributed by atoms with van der Waals surface area (Å²) in [5.74, 6) is 0.855. The van der Waals surface area contributed by atoms with Gasteiger partial charge < -0.3 is 10.1 Å². The van der Waals surface area contributed by atoms with Gasteiger partial charge in [0.2, 0.25) is 0 Å². The monoisotopic (exact) mass is 254 g/mol. The Kier molecular flexibility index (Phi) is 5.38. The molecule has 2 radical (unpaired) electrons. The molecule has 0 bridgehead atoms. The number of benzene rings is 1. The number of aromatic nitrogens is 1. The van der Waals surface area contributed by atoms with Crippen LogP contribution in [0.2, 0.25) is 0 Å². The Morgan fingerprint density at radius 1 is 1.11 bits per heavy atom. The second-order valence-corrected chi connectivity index (χ2v) is 4.22. The fraction of sp³-hybridized carbons (Fsp3) is 0.250. The van der Waals surface area contributed by atoms with Crippen molar-refractivity contribution in [1.82, 2.24) is 10.3 Å². The molecule has 98 valence electrons. The third kappa shape index (κ3) is 4.72. The lowest BCUT2D eigenvalue weighted by molar-refractivity contribution is 0.301. The van der Waals surface area contributed by atoms with Gasteiger partial charge in [-0.15, -0.1) is 0 Å². The normalized spacial score (nSPS) is 10.4. The first-order valence-electron chi connectivity index (χ1n) is 6.41. The Hall–Kier alpha value is -1.87. The fourth-order valence-electron chi connectivity index (χ4n) is 1.68. The van der Waals surface area contributed by atoms with Crippen LogP contribution < -0.4 is 10.1 Å². The van der Waals surface area contributed by atoms with Gasteiger partial charge in [-0.1, -0.05) is 18.2 Å². The fourth-order valence-corrected chi connectivity index (χ4v) is 1.68. The number of hydrogen-bond donors (Lipinski definition) is 1. The molecule has 0 unspecified atom stereocenters. The molecule has 1 N–H and O–H groups in total. The molecule has 1 aromatic carbocycles. The molecule has 2 aromatic rings. The molecule has 1 aromatic heterocycles. The van der Waals surface area contributed by atoms with Crippen LogP contribution in [0.4, 0.5) is 0 Å². The third-order valence-electron chi connectivity index (χ3n) is 2.69. The van der Waals surface area contributed by atoms with Crippen molar-refractivity contribution in [2.45, 2.75) is 19.6 Å². The third-order valence-corrected chi connectivity index (χ3v) is 2.69. The maximum atomic E-state index is 5.67. The predicted octanol–water partition coefficient (Wildman–Crippen LogP) is 2.85. The molecule has 3 heteroatoms. The molecule has 0 atom stereocenters. The molecule has 0 spiro atoms. The average Bonchev–Trinajstić information content (AvgIpc) is 2.48. The molecular formula is C16H18N2O. The molecule has 19 heavy (non-hydrogen) atoms. The number of nitrogens with one attached hydrogen (secondary N) is 1. The van der Waals surface area contributed by atoms with Crippen molar-refractivity contribution < 1.29 is 4.74 Å². The molecule has 0 amide bonds. The van der Waals surface area contributed by atoms with Gasteiger partial charge in [0.15, 0.2) is 0 Å². The van der Waals surface area contributed by atoms with Crippen LogP contribution in [0.3, 0.4) is 0 Å². The quantitative estimate of drug-likeness (QED) is 0.771. The molecule has 0 aliphatic carbocycles. The second-order valence-electron chi connectivity index (χ2n) is 4.22. The van der Waals surface area contributed by atoms with Crippen molar-refractivity contribution in [3.05, 3.63) is 66.8 Å². The van der Waals surface area contributed by atoms with Crippen LogP contribution in [0.25, 0.3) is 0 Å². The van der Waals surface area contributed by atoms with Crippen LogP contribution in [0.1, 0.15) is 17.7 Å². The van der Waals surface area contributed by atoms with E-state index in [1.807, 2.05) is 30.3 Å². The summed E-state index contributed by atoms with van der Waals surface area (Å²) in [7, 11) is 0. The first-order valence-corrected chi connectivity index (χ1v) is 6.41. The molecule has 0 saturated heterocycles. The van der Waals surface area contributed by atoms with Crippen LogP contribution in [-0.4, -0.2) is 11.5 Å². The smallest absolute Gasteiger partial charge is 0.130 e. The Morgan fingerprint density at radius 3 is 2.63 bits per heavy atom. The Morgan fingerprint density at radius 2 is 1.95 bits per heavy atom. The predicted molar refractivity (Wildman–Crippen MR) is 75.6 cm³/mol. The van der Waals surface area contributed by atoms with Crippen molar-refractivity contribution in [2.75, 3.05) is 6.54 Å². The van der Waals surface area contributed by atoms with Crippen molar-refractivity contribution in [2.24, 2.45) is 0 Å². The summed E-state index contributed by atoms with van der Waals surface area (Å²) >= 11 is 0. The molecule has 2 rings (SSSR count). The van der Waals surface area contributed by atoms with Crippen molar-refractivity contribution in [1.29, 1.82) is 0 Å². The molecule has 0 fully saturated rings. The standard InChI is InChI=1S/C16H18N2O/c1-2-10-17-12-14-6-8-16(9-7-14)19-13-15-5-3-4-11-18-15/h1,3-9,11,17H,2,10,12-13H2. The average molecular weight is 254 g/mol. The zero-order chi connectivity index (χ0) is 13.3. The number of ether oxygens (including phenoxy) is 1. The van der Waals surface area contributed by atoms with Gasteiger partial charge >= 0.3 is 0 Å². The van der Waals surface area contributed by atoms with E-state index in [1.165, 1.54) is 5.56 Å². The van der Waals surface area contributed by atoms with E-state index in [4.69, 9.17) is 11.7 Å². The van der Waals surface area contributed by atoms with Crippen molar-refractivity contribution in [3.8, 4) is 5.75 Å². The highest BCUT2D eigenvalue weighted by atomic mass is 16.5. The van der Waals surface area contributed by atoms with Crippen LogP contribution in [0, 0.1) is 6.92 Å². The van der Waals surface area contributed by atoms with Gasteiger partial charge in [-0.3, -0.25) is 4.98 Å². The number of rotatable bonds is 7. The van der Waals surface area contributed by atoms with Gasteiger partial charge in [-0.05, 0) is 49.7 Å². The highest BCUT2D eigenvalue weighted by molar-refractivity contribution is 5.27. The lowest BCUT2D eigenvalue weighted by atomic mass is 10.2. The summed E-state index contributed by atoms with van der Waals surface area (Å²) < 4.78 is 5.67. The second kappa shape index (κ2) is 7.54. The van der Waals surface area contributed by atoms with E-state index < -0.39 is 0 Å². The maximum absolute atomic E-state index is 5.67. The van der Waals surface area contributed by atoms with Crippen LogP contribution in [0.5, 0.6) is 5.75 Å². The Labute approximate surface area is 114 Å². The summed E-state index contributed by atoms with van der Waals surface area (Å²) in [6.45, 7) is 7.58. The van der Waals surface area contributed by atoms with Gasteiger partial charge in [0.05, 0.1) is 5.69 Å². The molecule has 0 aliphatic rings. The lowest BCUT2D eigenvalue weighted by Crippen LogP contribution is -2.13. The maximum Gasteiger partial charge on any atom is 0.130 e. The first-order chi connectivity index (χ1) is 9.38. The minimum Gasteiger partial charge on any atom is -0.487 e. The van der Waals surface area contributed by atoms with E-state index in [0.29, 0.717) is 13.0 Å². The van der Waals surface area contributed by atoms with Gasteiger partial charge in [0.1, 0.15) is 12.4 Å². The van der Waals surface area contributed by atoms with Gasteiger partial charge in [0, 0.05) is 12.7 Å². The highest BCUT2D eigenvalue weighted by Gasteiger charge is 1.97. The van der Waals surface area contributed by atoms with Crippen LogP contribution in [0.15, 0.2) is 48.7 Å². The largest absolute Gasteiger partial charge is 0.487 e. The highest BCUT2D eigenvalue weighted by Crippen LogP contribution is 2.13. The zero-order valence-electron chi connectivity index (χ0n) is 10.9. The van der Waals surface area contributed by atoms with E-state index in [0.717, 1.165) is 24.5 Å². The van der Waals surface area contributed by atoms with E-state index in [1.54, 1.807) is 6.20 Å². The summed E-state index contributed by atoms with van der Waals surface area (Å²) in [5, 5.41) is 3.25. The summed E-state index contributed by atoms with van der Waals surface area (Å²) in [4.78, 5) is 4.21. The van der Waals surface area contributed by atoms with E-state index >= 15 is 0 Å². The van der Waals surface area contributed by atoms with E-state index in [2.05, 4.69) is 22.4 Å². The number of pyridine rings is 1. The van der Waals surface area contributed by atoms with E-state index in [9.17, 15) is 0 Å². The minimum absolute atomic E-state index is 0.492. The molecule has 3 nitrogen and oxygen atoms in total. The number of hydrogen-bond acceptors (Lipinski definition) is 3. The van der Waals surface area contributed by atoms with Gasteiger partial charge in [-0.2, -0.15) is 0 Å². The molecular weight excluding hydrogens is 236 g/mol. The van der Waals surface area contributed by atoms with E-state index in [-0.39, 0.29) is 0 Å². The molecule has 0 aliphatic heterocycles. The first kappa shape index (κ1) is 13.6. The Bertz CT molecular complexity index is 468. The topological polar surface area (TPSA) is 34.1 Å². The Balaban J connectivity index is 1.81. The molecule has 1 heterocycles. The lowest BCUT2D eigenvalue weighted by Gasteiger charge is -2.07. The summed E-state index contributed by atoms with van der Waals surface area (Å²) in [6, 6.07) is 13.9. The minimum atomic E-state index is 0.492. The van der Waals surface area contributed by atoms with Crippen molar-refractivity contribution in [3.63, 3.8) is 0 Å². The van der Waals surface area contributed by atoms with Crippen LogP contribution in [-0.2, 0) is 13.2 Å². The zero-order valence-corrected chi connectivity index (χ0v) is 10.9.